The average molecular weight is 301 g/mol. The van der Waals surface area contributed by atoms with Crippen molar-refractivity contribution < 1.29 is 8.42 Å². The standard InChI is InChI=1S/C15H15N3O2S/c1-10-6-7-13-14(9-10)18-15(17-13)21(19,20)11(2)12-5-3-4-8-16-12/h3-9,11H,1-2H3,(H,17,18)/t11-/m0/s1. The maximum absolute atomic E-state index is 12.7. The van der Waals surface area contributed by atoms with Gasteiger partial charge < -0.3 is 4.98 Å². The average Bonchev–Trinajstić information content (AvgIpc) is 2.91. The summed E-state index contributed by atoms with van der Waals surface area (Å²) >= 11 is 0. The first-order valence-electron chi connectivity index (χ1n) is 6.59. The lowest BCUT2D eigenvalue weighted by molar-refractivity contribution is 0.578. The molecule has 1 N–H and O–H groups in total. The normalized spacial score (nSPS) is 13.4. The molecule has 0 fully saturated rings. The van der Waals surface area contributed by atoms with E-state index in [1.54, 1.807) is 31.3 Å². The Morgan fingerprint density at radius 3 is 2.71 bits per heavy atom. The van der Waals surface area contributed by atoms with E-state index < -0.39 is 15.1 Å². The molecule has 6 heteroatoms. The highest BCUT2D eigenvalue weighted by atomic mass is 32.2. The summed E-state index contributed by atoms with van der Waals surface area (Å²) in [6.07, 6.45) is 1.59. The fourth-order valence-electron chi connectivity index (χ4n) is 2.18. The highest BCUT2D eigenvalue weighted by Crippen LogP contribution is 2.27. The predicted octanol–water partition coefficient (Wildman–Crippen LogP) is 2.80. The molecular weight excluding hydrogens is 286 g/mol. The summed E-state index contributed by atoms with van der Waals surface area (Å²) in [5.74, 6) is 0. The van der Waals surface area contributed by atoms with E-state index in [0.717, 1.165) is 11.1 Å². The van der Waals surface area contributed by atoms with Crippen LogP contribution in [0, 0.1) is 6.92 Å². The number of aromatic nitrogens is 3. The van der Waals surface area contributed by atoms with Crippen LogP contribution in [0.2, 0.25) is 0 Å². The van der Waals surface area contributed by atoms with Crippen molar-refractivity contribution in [1.82, 2.24) is 15.0 Å². The molecule has 0 aliphatic carbocycles. The van der Waals surface area contributed by atoms with Crippen LogP contribution < -0.4 is 0 Å². The van der Waals surface area contributed by atoms with Gasteiger partial charge in [-0.3, -0.25) is 4.98 Å². The number of fused-ring (bicyclic) bond motifs is 1. The molecular formula is C15H15N3O2S. The number of aryl methyl sites for hydroxylation is 1. The summed E-state index contributed by atoms with van der Waals surface area (Å²) in [6.45, 7) is 3.57. The third-order valence-corrected chi connectivity index (χ3v) is 5.36. The monoisotopic (exact) mass is 301 g/mol. The molecule has 0 radical (unpaired) electrons. The molecule has 0 amide bonds. The van der Waals surface area contributed by atoms with Crippen LogP contribution in [0.25, 0.3) is 11.0 Å². The summed E-state index contributed by atoms with van der Waals surface area (Å²) in [5.41, 5.74) is 2.93. The van der Waals surface area contributed by atoms with Gasteiger partial charge in [0.1, 0.15) is 5.25 Å². The number of aromatic amines is 1. The van der Waals surface area contributed by atoms with E-state index in [2.05, 4.69) is 15.0 Å². The number of nitrogens with one attached hydrogen (secondary N) is 1. The molecule has 0 saturated heterocycles. The second-order valence-electron chi connectivity index (χ2n) is 5.00. The zero-order valence-electron chi connectivity index (χ0n) is 11.7. The fourth-order valence-corrected chi connectivity index (χ4v) is 3.45. The summed E-state index contributed by atoms with van der Waals surface area (Å²) in [6, 6.07) is 10.8. The van der Waals surface area contributed by atoms with Crippen molar-refractivity contribution in [3.8, 4) is 0 Å². The summed E-state index contributed by atoms with van der Waals surface area (Å²) < 4.78 is 25.3. The number of sulfone groups is 1. The quantitative estimate of drug-likeness (QED) is 0.807. The second kappa shape index (κ2) is 4.96. The SMILES string of the molecule is Cc1ccc2nc(S(=O)(=O)[C@@H](C)c3ccccn3)[nH]c2c1. The van der Waals surface area contributed by atoms with E-state index in [1.165, 1.54) is 0 Å². The van der Waals surface area contributed by atoms with E-state index in [1.807, 2.05) is 25.1 Å². The number of rotatable bonds is 3. The van der Waals surface area contributed by atoms with Crippen molar-refractivity contribution in [2.45, 2.75) is 24.3 Å². The maximum Gasteiger partial charge on any atom is 0.226 e. The van der Waals surface area contributed by atoms with Crippen molar-refractivity contribution in [1.29, 1.82) is 0 Å². The van der Waals surface area contributed by atoms with E-state index in [-0.39, 0.29) is 5.16 Å². The van der Waals surface area contributed by atoms with Gasteiger partial charge in [-0.2, -0.15) is 0 Å². The first-order valence-corrected chi connectivity index (χ1v) is 8.14. The Balaban J connectivity index is 2.08. The van der Waals surface area contributed by atoms with Crippen LogP contribution in [-0.2, 0) is 9.84 Å². The van der Waals surface area contributed by atoms with Crippen LogP contribution in [0.3, 0.4) is 0 Å². The van der Waals surface area contributed by atoms with Gasteiger partial charge in [-0.15, -0.1) is 0 Å². The minimum Gasteiger partial charge on any atom is -0.329 e. The number of pyridine rings is 1. The molecule has 108 valence electrons. The molecule has 3 rings (SSSR count). The van der Waals surface area contributed by atoms with Gasteiger partial charge in [0.05, 0.1) is 16.7 Å². The molecule has 21 heavy (non-hydrogen) atoms. The van der Waals surface area contributed by atoms with Crippen LogP contribution in [0.15, 0.2) is 47.8 Å². The lowest BCUT2D eigenvalue weighted by Gasteiger charge is -2.09. The van der Waals surface area contributed by atoms with E-state index in [4.69, 9.17) is 0 Å². The first kappa shape index (κ1) is 13.8. The Labute approximate surface area is 123 Å². The fraction of sp³-hybridized carbons (Fsp3) is 0.200. The van der Waals surface area contributed by atoms with Gasteiger partial charge in [-0.05, 0) is 43.7 Å². The van der Waals surface area contributed by atoms with Gasteiger partial charge in [0, 0.05) is 6.20 Å². The summed E-state index contributed by atoms with van der Waals surface area (Å²) in [5, 5.41) is -0.762. The second-order valence-corrected chi connectivity index (χ2v) is 7.19. The lowest BCUT2D eigenvalue weighted by Crippen LogP contribution is -2.13. The van der Waals surface area contributed by atoms with Crippen LogP contribution in [0.4, 0.5) is 0 Å². The number of nitrogens with zero attached hydrogens (tertiary/aromatic N) is 2. The molecule has 3 aromatic rings. The Morgan fingerprint density at radius 2 is 2.00 bits per heavy atom. The molecule has 2 heterocycles. The minimum absolute atomic E-state index is 0.0127. The Hall–Kier alpha value is -2.21. The number of H-pyrrole nitrogens is 1. The molecule has 0 unspecified atom stereocenters. The molecule has 0 saturated carbocycles. The minimum atomic E-state index is -3.60. The maximum atomic E-state index is 12.7. The van der Waals surface area contributed by atoms with E-state index in [0.29, 0.717) is 11.2 Å². The van der Waals surface area contributed by atoms with Gasteiger partial charge in [-0.25, -0.2) is 13.4 Å². The van der Waals surface area contributed by atoms with Gasteiger partial charge in [0.15, 0.2) is 0 Å². The summed E-state index contributed by atoms with van der Waals surface area (Å²) in [4.78, 5) is 11.2. The highest BCUT2D eigenvalue weighted by Gasteiger charge is 2.29. The van der Waals surface area contributed by atoms with Gasteiger partial charge in [0.2, 0.25) is 15.0 Å². The van der Waals surface area contributed by atoms with Crippen molar-refractivity contribution in [2.24, 2.45) is 0 Å². The highest BCUT2D eigenvalue weighted by molar-refractivity contribution is 7.91. The summed E-state index contributed by atoms with van der Waals surface area (Å²) in [7, 11) is -3.60. The Kier molecular flexibility index (Phi) is 3.25. The molecule has 1 aromatic carbocycles. The third kappa shape index (κ3) is 2.42. The van der Waals surface area contributed by atoms with Crippen molar-refractivity contribution in [3.05, 3.63) is 53.9 Å². The zero-order valence-corrected chi connectivity index (χ0v) is 12.6. The third-order valence-electron chi connectivity index (χ3n) is 3.45. The van der Waals surface area contributed by atoms with E-state index >= 15 is 0 Å². The van der Waals surface area contributed by atoms with Crippen molar-refractivity contribution >= 4 is 20.9 Å². The molecule has 0 bridgehead atoms. The number of hydrogen-bond acceptors (Lipinski definition) is 4. The smallest absolute Gasteiger partial charge is 0.226 e. The molecule has 0 spiro atoms. The number of benzene rings is 1. The van der Waals surface area contributed by atoms with Gasteiger partial charge in [-0.1, -0.05) is 12.1 Å². The van der Waals surface area contributed by atoms with E-state index in [9.17, 15) is 8.42 Å². The zero-order chi connectivity index (χ0) is 15.0. The Bertz CT molecular complexity index is 886. The predicted molar refractivity (Wildman–Crippen MR) is 80.7 cm³/mol. The Morgan fingerprint density at radius 1 is 1.19 bits per heavy atom. The van der Waals surface area contributed by atoms with Crippen LogP contribution in [-0.4, -0.2) is 23.4 Å². The molecule has 2 aromatic heterocycles. The number of hydrogen-bond donors (Lipinski definition) is 1. The molecule has 5 nitrogen and oxygen atoms in total. The molecule has 0 aliphatic heterocycles. The molecule has 1 atom stereocenters. The topological polar surface area (TPSA) is 75.7 Å². The lowest BCUT2D eigenvalue weighted by atomic mass is 10.2. The van der Waals surface area contributed by atoms with Crippen LogP contribution >= 0.6 is 0 Å². The molecule has 0 aliphatic rings. The number of imidazole rings is 1. The van der Waals surface area contributed by atoms with Crippen LogP contribution in [0.5, 0.6) is 0 Å². The van der Waals surface area contributed by atoms with Gasteiger partial charge >= 0.3 is 0 Å². The van der Waals surface area contributed by atoms with Crippen molar-refractivity contribution in [3.63, 3.8) is 0 Å². The van der Waals surface area contributed by atoms with Crippen LogP contribution in [0.1, 0.15) is 23.4 Å². The van der Waals surface area contributed by atoms with Gasteiger partial charge in [0.25, 0.3) is 0 Å². The largest absolute Gasteiger partial charge is 0.329 e. The van der Waals surface area contributed by atoms with Crippen molar-refractivity contribution in [2.75, 3.05) is 0 Å². The first-order chi connectivity index (χ1) is 9.98.